The Morgan fingerprint density at radius 2 is 2.28 bits per heavy atom. The van der Waals surface area contributed by atoms with Gasteiger partial charge in [-0.15, -0.1) is 10.2 Å². The molecule has 0 radical (unpaired) electrons. The lowest BCUT2D eigenvalue weighted by Gasteiger charge is -2.04. The largest absolute Gasteiger partial charge is 0.507 e. The lowest BCUT2D eigenvalue weighted by Crippen LogP contribution is -2.13. The van der Waals surface area contributed by atoms with Crippen LogP contribution in [0.25, 0.3) is 0 Å². The van der Waals surface area contributed by atoms with Gasteiger partial charge in [0.15, 0.2) is 0 Å². The standard InChI is InChI=1S/C11H10FN3O2S/c1-2-8-14-15-11(18-8)13-10(17)9-6(12)4-3-5-7(9)16/h3-5,16H,2H2,1H3,(H,13,15,17). The molecular weight excluding hydrogens is 257 g/mol. The Bertz CT molecular complexity index is 565. The third kappa shape index (κ3) is 2.45. The van der Waals surface area contributed by atoms with Crippen LogP contribution in [0.1, 0.15) is 22.3 Å². The zero-order valence-corrected chi connectivity index (χ0v) is 10.3. The fourth-order valence-corrected chi connectivity index (χ4v) is 2.02. The molecule has 2 N–H and O–H groups in total. The summed E-state index contributed by atoms with van der Waals surface area (Å²) in [5.74, 6) is -1.94. The second kappa shape index (κ2) is 5.09. The average Bonchev–Trinajstić information content (AvgIpc) is 2.76. The Hall–Kier alpha value is -2.02. The van der Waals surface area contributed by atoms with Crippen LogP contribution in [0, 0.1) is 5.82 Å². The molecule has 0 aliphatic rings. The SMILES string of the molecule is CCc1nnc(NC(=O)c2c(O)cccc2F)s1. The molecule has 7 heteroatoms. The zero-order valence-electron chi connectivity index (χ0n) is 9.48. The molecule has 5 nitrogen and oxygen atoms in total. The van der Waals surface area contributed by atoms with Crippen molar-refractivity contribution in [3.8, 4) is 5.75 Å². The normalized spacial score (nSPS) is 10.3. The summed E-state index contributed by atoms with van der Waals surface area (Å²) in [6.45, 7) is 1.91. The fraction of sp³-hybridized carbons (Fsp3) is 0.182. The van der Waals surface area contributed by atoms with Crippen molar-refractivity contribution in [2.24, 2.45) is 0 Å². The van der Waals surface area contributed by atoms with Crippen LogP contribution in [0.4, 0.5) is 9.52 Å². The monoisotopic (exact) mass is 267 g/mol. The maximum absolute atomic E-state index is 13.4. The summed E-state index contributed by atoms with van der Waals surface area (Å²) in [6, 6.07) is 3.67. The van der Waals surface area contributed by atoms with Gasteiger partial charge in [-0.25, -0.2) is 4.39 Å². The molecule has 0 saturated carbocycles. The van der Waals surface area contributed by atoms with Gasteiger partial charge in [0.25, 0.3) is 5.91 Å². The first-order valence-corrected chi connectivity index (χ1v) is 6.04. The number of amides is 1. The third-order valence-electron chi connectivity index (χ3n) is 2.21. The van der Waals surface area contributed by atoms with Crippen molar-refractivity contribution >= 4 is 22.4 Å². The minimum absolute atomic E-state index is 0.277. The molecule has 1 aromatic carbocycles. The maximum atomic E-state index is 13.4. The molecule has 1 amide bonds. The van der Waals surface area contributed by atoms with Crippen molar-refractivity contribution in [1.82, 2.24) is 10.2 Å². The molecule has 0 aliphatic carbocycles. The number of aromatic nitrogens is 2. The molecule has 18 heavy (non-hydrogen) atoms. The number of rotatable bonds is 3. The number of phenolic OH excluding ortho intramolecular Hbond substituents is 1. The minimum Gasteiger partial charge on any atom is -0.507 e. The van der Waals surface area contributed by atoms with Crippen molar-refractivity contribution in [3.63, 3.8) is 0 Å². The zero-order chi connectivity index (χ0) is 13.1. The smallest absolute Gasteiger partial charge is 0.264 e. The van der Waals surface area contributed by atoms with Crippen molar-refractivity contribution in [2.45, 2.75) is 13.3 Å². The van der Waals surface area contributed by atoms with E-state index in [-0.39, 0.29) is 5.13 Å². The first-order chi connectivity index (χ1) is 8.61. The van der Waals surface area contributed by atoms with Gasteiger partial charge in [0, 0.05) is 0 Å². The molecule has 0 atom stereocenters. The Kier molecular flexibility index (Phi) is 3.52. The Morgan fingerprint density at radius 3 is 2.89 bits per heavy atom. The van der Waals surface area contributed by atoms with Crippen LogP contribution in [0.5, 0.6) is 5.75 Å². The molecule has 0 saturated heterocycles. The van der Waals surface area contributed by atoms with E-state index < -0.39 is 23.0 Å². The quantitative estimate of drug-likeness (QED) is 0.894. The number of aromatic hydroxyl groups is 1. The predicted octanol–water partition coefficient (Wildman–Crippen LogP) is 2.20. The van der Waals surface area contributed by atoms with E-state index >= 15 is 0 Å². The van der Waals surface area contributed by atoms with Crippen molar-refractivity contribution in [1.29, 1.82) is 0 Å². The van der Waals surface area contributed by atoms with E-state index in [0.29, 0.717) is 6.42 Å². The van der Waals surface area contributed by atoms with Gasteiger partial charge in [0.05, 0.1) is 0 Å². The molecule has 0 fully saturated rings. The van der Waals surface area contributed by atoms with Crippen molar-refractivity contribution < 1.29 is 14.3 Å². The second-order valence-electron chi connectivity index (χ2n) is 3.44. The Labute approximate surface area is 106 Å². The summed E-state index contributed by atoms with van der Waals surface area (Å²) in [6.07, 6.45) is 0.707. The highest BCUT2D eigenvalue weighted by Crippen LogP contribution is 2.22. The lowest BCUT2D eigenvalue weighted by atomic mass is 10.2. The summed E-state index contributed by atoms with van der Waals surface area (Å²) < 4.78 is 13.4. The van der Waals surface area contributed by atoms with Gasteiger partial charge >= 0.3 is 0 Å². The number of halogens is 1. The van der Waals surface area contributed by atoms with E-state index in [0.717, 1.165) is 11.1 Å². The molecular formula is C11H10FN3O2S. The summed E-state index contributed by atoms with van der Waals surface area (Å²) in [5.41, 5.74) is -0.397. The maximum Gasteiger partial charge on any atom is 0.264 e. The number of phenols is 1. The fourth-order valence-electron chi connectivity index (χ4n) is 1.34. The van der Waals surface area contributed by atoms with Crippen LogP contribution in [0.15, 0.2) is 18.2 Å². The van der Waals surface area contributed by atoms with E-state index in [1.165, 1.54) is 23.5 Å². The van der Waals surface area contributed by atoms with Gasteiger partial charge in [-0.3, -0.25) is 10.1 Å². The van der Waals surface area contributed by atoms with Crippen LogP contribution in [0.3, 0.4) is 0 Å². The van der Waals surface area contributed by atoms with E-state index in [9.17, 15) is 14.3 Å². The van der Waals surface area contributed by atoms with E-state index in [1.807, 2.05) is 6.92 Å². The minimum atomic E-state index is -0.785. The number of benzene rings is 1. The highest BCUT2D eigenvalue weighted by molar-refractivity contribution is 7.15. The molecule has 0 spiro atoms. The number of anilines is 1. The number of hydrogen-bond donors (Lipinski definition) is 2. The lowest BCUT2D eigenvalue weighted by molar-refractivity contribution is 0.102. The molecule has 0 bridgehead atoms. The van der Waals surface area contributed by atoms with Gasteiger partial charge in [0.1, 0.15) is 22.1 Å². The number of nitrogens with one attached hydrogen (secondary N) is 1. The topological polar surface area (TPSA) is 75.1 Å². The van der Waals surface area contributed by atoms with Crippen LogP contribution < -0.4 is 5.32 Å². The van der Waals surface area contributed by atoms with Gasteiger partial charge < -0.3 is 5.11 Å². The number of aryl methyl sites for hydroxylation is 1. The summed E-state index contributed by atoms with van der Waals surface area (Å²) in [4.78, 5) is 11.8. The highest BCUT2D eigenvalue weighted by atomic mass is 32.1. The van der Waals surface area contributed by atoms with Gasteiger partial charge in [-0.1, -0.05) is 24.3 Å². The summed E-state index contributed by atoms with van der Waals surface area (Å²) in [7, 11) is 0. The van der Waals surface area contributed by atoms with E-state index in [2.05, 4.69) is 15.5 Å². The predicted molar refractivity (Wildman–Crippen MR) is 65.3 cm³/mol. The number of carbonyl (C=O) groups is 1. The molecule has 1 heterocycles. The molecule has 2 rings (SSSR count). The van der Waals surface area contributed by atoms with E-state index in [4.69, 9.17) is 0 Å². The Morgan fingerprint density at radius 1 is 1.50 bits per heavy atom. The van der Waals surface area contributed by atoms with Gasteiger partial charge in [-0.05, 0) is 18.6 Å². The number of hydrogen-bond acceptors (Lipinski definition) is 5. The molecule has 2 aromatic rings. The highest BCUT2D eigenvalue weighted by Gasteiger charge is 2.17. The van der Waals surface area contributed by atoms with E-state index in [1.54, 1.807) is 0 Å². The number of nitrogens with zero attached hydrogens (tertiary/aromatic N) is 2. The first-order valence-electron chi connectivity index (χ1n) is 5.23. The second-order valence-corrected chi connectivity index (χ2v) is 4.50. The molecule has 94 valence electrons. The average molecular weight is 267 g/mol. The number of carbonyl (C=O) groups excluding carboxylic acids is 1. The Balaban J connectivity index is 2.22. The van der Waals surface area contributed by atoms with Gasteiger partial charge in [0.2, 0.25) is 5.13 Å². The van der Waals surface area contributed by atoms with Crippen LogP contribution in [-0.4, -0.2) is 21.2 Å². The van der Waals surface area contributed by atoms with Gasteiger partial charge in [-0.2, -0.15) is 0 Å². The summed E-state index contributed by atoms with van der Waals surface area (Å²) >= 11 is 1.21. The van der Waals surface area contributed by atoms with Crippen molar-refractivity contribution in [2.75, 3.05) is 5.32 Å². The third-order valence-corrected chi connectivity index (χ3v) is 3.19. The van der Waals surface area contributed by atoms with Crippen molar-refractivity contribution in [3.05, 3.63) is 34.6 Å². The van der Waals surface area contributed by atoms with Crippen LogP contribution in [-0.2, 0) is 6.42 Å². The van der Waals surface area contributed by atoms with Crippen LogP contribution in [0.2, 0.25) is 0 Å². The molecule has 0 unspecified atom stereocenters. The summed E-state index contributed by atoms with van der Waals surface area (Å²) in [5, 5.41) is 20.5. The van der Waals surface area contributed by atoms with Crippen LogP contribution >= 0.6 is 11.3 Å². The molecule has 0 aliphatic heterocycles. The molecule has 1 aromatic heterocycles. The first kappa shape index (κ1) is 12.4.